The molecule has 2 aliphatic rings. The molecule has 4 rings (SSSR count). The zero-order chi connectivity index (χ0) is 18.3. The summed E-state index contributed by atoms with van der Waals surface area (Å²) in [6.45, 7) is 2.02. The summed E-state index contributed by atoms with van der Waals surface area (Å²) in [5.41, 5.74) is 3.69. The maximum Gasteiger partial charge on any atom is 0.306 e. The standard InChI is InChI=1S/C21H24N2O3/c1-12-2-9-18-16(10-12)17(11-19(23-18)13-3-4-13)20(24)22-15-7-5-14(6-8-15)21(25)26/h2,9-11,13-15H,3-8H2,1H3,(H,22,24)(H,25,26). The normalized spacial score (nSPS) is 23.0. The highest BCUT2D eigenvalue weighted by Crippen LogP contribution is 2.40. The molecule has 136 valence electrons. The maximum atomic E-state index is 13.0. The van der Waals surface area contributed by atoms with Crippen LogP contribution in [-0.4, -0.2) is 28.0 Å². The van der Waals surface area contributed by atoms with E-state index in [4.69, 9.17) is 10.1 Å². The highest BCUT2D eigenvalue weighted by Gasteiger charge is 2.29. The Bertz CT molecular complexity index is 865. The Kier molecular flexibility index (Phi) is 4.39. The van der Waals surface area contributed by atoms with E-state index in [1.807, 2.05) is 31.2 Å². The fourth-order valence-electron chi connectivity index (χ4n) is 3.88. The summed E-state index contributed by atoms with van der Waals surface area (Å²) in [7, 11) is 0. The molecule has 1 aromatic carbocycles. The number of hydrogen-bond acceptors (Lipinski definition) is 3. The zero-order valence-corrected chi connectivity index (χ0v) is 15.0. The van der Waals surface area contributed by atoms with E-state index in [9.17, 15) is 9.59 Å². The zero-order valence-electron chi connectivity index (χ0n) is 15.0. The Labute approximate surface area is 152 Å². The summed E-state index contributed by atoms with van der Waals surface area (Å²) in [5, 5.41) is 13.2. The summed E-state index contributed by atoms with van der Waals surface area (Å²) in [6.07, 6.45) is 4.99. The molecule has 1 aromatic heterocycles. The third-order valence-corrected chi connectivity index (χ3v) is 5.64. The second-order valence-electron chi connectivity index (χ2n) is 7.75. The van der Waals surface area contributed by atoms with Crippen LogP contribution in [0.25, 0.3) is 10.9 Å². The van der Waals surface area contributed by atoms with E-state index in [0.717, 1.165) is 47.8 Å². The molecule has 2 N–H and O–H groups in total. The van der Waals surface area contributed by atoms with E-state index in [1.54, 1.807) is 0 Å². The van der Waals surface area contributed by atoms with Crippen molar-refractivity contribution in [2.45, 2.75) is 57.4 Å². The fraction of sp³-hybridized carbons (Fsp3) is 0.476. The smallest absolute Gasteiger partial charge is 0.306 e. The number of pyridine rings is 1. The van der Waals surface area contributed by atoms with Crippen LogP contribution in [0.1, 0.15) is 66.1 Å². The highest BCUT2D eigenvalue weighted by atomic mass is 16.4. The Morgan fingerprint density at radius 1 is 1.08 bits per heavy atom. The van der Waals surface area contributed by atoms with Gasteiger partial charge in [-0.3, -0.25) is 14.6 Å². The van der Waals surface area contributed by atoms with Gasteiger partial charge in [0.05, 0.1) is 17.0 Å². The second kappa shape index (κ2) is 6.71. The molecular formula is C21H24N2O3. The molecule has 1 heterocycles. The van der Waals surface area contributed by atoms with E-state index < -0.39 is 5.97 Å². The van der Waals surface area contributed by atoms with Gasteiger partial charge in [-0.1, -0.05) is 11.6 Å². The van der Waals surface area contributed by atoms with Crippen LogP contribution in [0, 0.1) is 12.8 Å². The van der Waals surface area contributed by atoms with Gasteiger partial charge in [0.1, 0.15) is 0 Å². The lowest BCUT2D eigenvalue weighted by atomic mass is 9.86. The molecule has 1 amide bonds. The molecule has 0 unspecified atom stereocenters. The largest absolute Gasteiger partial charge is 0.481 e. The van der Waals surface area contributed by atoms with Gasteiger partial charge in [-0.2, -0.15) is 0 Å². The number of carbonyl (C=O) groups excluding carboxylic acids is 1. The number of fused-ring (bicyclic) bond motifs is 1. The Morgan fingerprint density at radius 3 is 2.46 bits per heavy atom. The molecule has 2 saturated carbocycles. The minimum Gasteiger partial charge on any atom is -0.481 e. The topological polar surface area (TPSA) is 79.3 Å². The van der Waals surface area contributed by atoms with Gasteiger partial charge in [-0.25, -0.2) is 0 Å². The van der Waals surface area contributed by atoms with E-state index >= 15 is 0 Å². The van der Waals surface area contributed by atoms with Crippen molar-refractivity contribution in [1.29, 1.82) is 0 Å². The van der Waals surface area contributed by atoms with Gasteiger partial charge in [0.2, 0.25) is 0 Å². The molecule has 5 nitrogen and oxygen atoms in total. The summed E-state index contributed by atoms with van der Waals surface area (Å²) in [4.78, 5) is 28.8. The first-order valence-corrected chi connectivity index (χ1v) is 9.46. The van der Waals surface area contributed by atoms with Crippen LogP contribution in [0.5, 0.6) is 0 Å². The predicted octanol–water partition coefficient (Wildman–Crippen LogP) is 3.79. The highest BCUT2D eigenvalue weighted by molar-refractivity contribution is 6.06. The lowest BCUT2D eigenvalue weighted by Gasteiger charge is -2.27. The van der Waals surface area contributed by atoms with Gasteiger partial charge in [0.15, 0.2) is 0 Å². The van der Waals surface area contributed by atoms with E-state index in [0.29, 0.717) is 24.3 Å². The van der Waals surface area contributed by atoms with E-state index in [2.05, 4.69) is 5.32 Å². The quantitative estimate of drug-likeness (QED) is 0.877. The molecule has 0 atom stereocenters. The minimum absolute atomic E-state index is 0.0514. The number of nitrogens with zero attached hydrogens (tertiary/aromatic N) is 1. The number of aliphatic carboxylic acids is 1. The van der Waals surface area contributed by atoms with E-state index in [-0.39, 0.29) is 17.9 Å². The number of carbonyl (C=O) groups is 2. The first-order valence-electron chi connectivity index (χ1n) is 9.46. The van der Waals surface area contributed by atoms with Gasteiger partial charge in [0.25, 0.3) is 5.91 Å². The molecule has 0 saturated heterocycles. The molecule has 2 fully saturated rings. The molecule has 0 spiro atoms. The SMILES string of the molecule is Cc1ccc2nc(C3CC3)cc(C(=O)NC3CCC(C(=O)O)CC3)c2c1. The number of benzene rings is 1. The number of hydrogen-bond donors (Lipinski definition) is 2. The van der Waals surface area contributed by atoms with Gasteiger partial charge in [-0.05, 0) is 63.6 Å². The molecule has 0 aliphatic heterocycles. The average molecular weight is 352 g/mol. The number of aromatic nitrogens is 1. The maximum absolute atomic E-state index is 13.0. The van der Waals surface area contributed by atoms with Crippen LogP contribution in [0.2, 0.25) is 0 Å². The Balaban J connectivity index is 1.58. The van der Waals surface area contributed by atoms with Crippen molar-refractivity contribution < 1.29 is 14.7 Å². The number of rotatable bonds is 4. The summed E-state index contributed by atoms with van der Waals surface area (Å²) in [6, 6.07) is 8.05. The van der Waals surface area contributed by atoms with Crippen molar-refractivity contribution in [2.75, 3.05) is 0 Å². The second-order valence-corrected chi connectivity index (χ2v) is 7.75. The van der Waals surface area contributed by atoms with Crippen molar-refractivity contribution in [2.24, 2.45) is 5.92 Å². The van der Waals surface area contributed by atoms with Gasteiger partial charge in [0, 0.05) is 23.0 Å². The van der Waals surface area contributed by atoms with Gasteiger partial charge < -0.3 is 10.4 Å². The number of nitrogens with one attached hydrogen (secondary N) is 1. The minimum atomic E-state index is -0.723. The lowest BCUT2D eigenvalue weighted by molar-refractivity contribution is -0.142. The first kappa shape index (κ1) is 17.0. The van der Waals surface area contributed by atoms with Crippen LogP contribution in [0.4, 0.5) is 0 Å². The molecule has 0 bridgehead atoms. The van der Waals surface area contributed by atoms with Crippen molar-refractivity contribution in [3.63, 3.8) is 0 Å². The summed E-state index contributed by atoms with van der Waals surface area (Å²) >= 11 is 0. The number of aryl methyl sites for hydroxylation is 1. The van der Waals surface area contributed by atoms with Crippen LogP contribution < -0.4 is 5.32 Å². The van der Waals surface area contributed by atoms with Gasteiger partial charge >= 0.3 is 5.97 Å². The van der Waals surface area contributed by atoms with Crippen molar-refractivity contribution >= 4 is 22.8 Å². The van der Waals surface area contributed by atoms with Crippen molar-refractivity contribution in [3.05, 3.63) is 41.1 Å². The molecule has 2 aromatic rings. The van der Waals surface area contributed by atoms with Crippen LogP contribution in [0.3, 0.4) is 0 Å². The third kappa shape index (κ3) is 3.43. The average Bonchev–Trinajstić information content (AvgIpc) is 3.46. The first-order chi connectivity index (χ1) is 12.5. The summed E-state index contributed by atoms with van der Waals surface area (Å²) in [5.74, 6) is -0.574. The van der Waals surface area contributed by atoms with Crippen molar-refractivity contribution in [1.82, 2.24) is 10.3 Å². The van der Waals surface area contributed by atoms with E-state index in [1.165, 1.54) is 0 Å². The third-order valence-electron chi connectivity index (χ3n) is 5.64. The number of carboxylic acid groups (broad SMARTS) is 1. The van der Waals surface area contributed by atoms with Crippen LogP contribution >= 0.6 is 0 Å². The summed E-state index contributed by atoms with van der Waals surface area (Å²) < 4.78 is 0. The molecule has 5 heteroatoms. The predicted molar refractivity (Wildman–Crippen MR) is 99.3 cm³/mol. The molecule has 0 radical (unpaired) electrons. The van der Waals surface area contributed by atoms with Crippen molar-refractivity contribution in [3.8, 4) is 0 Å². The monoisotopic (exact) mass is 352 g/mol. The van der Waals surface area contributed by atoms with Crippen LogP contribution in [0.15, 0.2) is 24.3 Å². The van der Waals surface area contributed by atoms with Crippen LogP contribution in [-0.2, 0) is 4.79 Å². The van der Waals surface area contributed by atoms with Gasteiger partial charge in [-0.15, -0.1) is 0 Å². The number of carboxylic acids is 1. The fourth-order valence-corrected chi connectivity index (χ4v) is 3.88. The molecular weight excluding hydrogens is 328 g/mol. The Hall–Kier alpha value is -2.43. The molecule has 2 aliphatic carbocycles. The Morgan fingerprint density at radius 2 is 1.81 bits per heavy atom. The number of amides is 1. The molecule has 26 heavy (non-hydrogen) atoms. The lowest BCUT2D eigenvalue weighted by Crippen LogP contribution is -2.38.